The van der Waals surface area contributed by atoms with Crippen molar-refractivity contribution >= 4 is 49.7 Å². The van der Waals surface area contributed by atoms with E-state index in [4.69, 9.17) is 4.74 Å². The van der Waals surface area contributed by atoms with Crippen LogP contribution in [0.15, 0.2) is 84.0 Å². The van der Waals surface area contributed by atoms with Gasteiger partial charge in [-0.05, 0) is 53.8 Å². The Morgan fingerprint density at radius 3 is 2.74 bits per heavy atom. The lowest BCUT2D eigenvalue weighted by molar-refractivity contribution is -0.117. The maximum atomic E-state index is 13.4. The molecule has 0 saturated carbocycles. The van der Waals surface area contributed by atoms with Crippen LogP contribution in [0.5, 0.6) is 5.75 Å². The first-order valence-corrected chi connectivity index (χ1v) is 12.2. The number of fused-ring (bicyclic) bond motifs is 1. The van der Waals surface area contributed by atoms with Crippen LogP contribution < -0.4 is 9.64 Å². The largest absolute Gasteiger partial charge is 0.503 e. The van der Waals surface area contributed by atoms with Gasteiger partial charge in [0.1, 0.15) is 12.4 Å². The second kappa shape index (κ2) is 8.89. The minimum atomic E-state index is -0.822. The third kappa shape index (κ3) is 3.81. The van der Waals surface area contributed by atoms with E-state index >= 15 is 0 Å². The zero-order valence-corrected chi connectivity index (χ0v) is 19.9. The molecule has 34 heavy (non-hydrogen) atoms. The number of ether oxygens (including phenoxy) is 1. The van der Waals surface area contributed by atoms with Gasteiger partial charge in [0.05, 0.1) is 26.7 Å². The molecule has 1 aliphatic rings. The Bertz CT molecular complexity index is 1440. The summed E-state index contributed by atoms with van der Waals surface area (Å²) < 4.78 is 6.50. The molecule has 1 atom stereocenters. The van der Waals surface area contributed by atoms with Crippen molar-refractivity contribution in [2.24, 2.45) is 0 Å². The maximum Gasteiger partial charge on any atom is 0.296 e. The van der Waals surface area contributed by atoms with Gasteiger partial charge in [-0.25, -0.2) is 4.98 Å². The van der Waals surface area contributed by atoms with Crippen molar-refractivity contribution in [1.29, 1.82) is 0 Å². The van der Waals surface area contributed by atoms with Crippen LogP contribution in [0.3, 0.4) is 0 Å². The van der Waals surface area contributed by atoms with Gasteiger partial charge < -0.3 is 9.84 Å². The lowest BCUT2D eigenvalue weighted by Gasteiger charge is -2.24. The highest BCUT2D eigenvalue weighted by Crippen LogP contribution is 2.44. The summed E-state index contributed by atoms with van der Waals surface area (Å²) >= 11 is 2.62. The molecule has 1 aliphatic heterocycles. The van der Waals surface area contributed by atoms with E-state index in [0.717, 1.165) is 15.8 Å². The molecule has 4 aromatic rings. The van der Waals surface area contributed by atoms with Crippen LogP contribution in [0.1, 0.15) is 26.8 Å². The van der Waals surface area contributed by atoms with E-state index in [1.807, 2.05) is 25.1 Å². The summed E-state index contributed by atoms with van der Waals surface area (Å²) in [5.41, 5.74) is 2.54. The Labute approximate surface area is 204 Å². The number of ketones is 1. The fourth-order valence-corrected chi connectivity index (χ4v) is 5.68. The van der Waals surface area contributed by atoms with E-state index in [1.165, 1.54) is 27.6 Å². The van der Waals surface area contributed by atoms with Crippen molar-refractivity contribution in [3.8, 4) is 5.75 Å². The number of aliphatic hydroxyl groups excluding tert-OH is 1. The number of nitrogens with zero attached hydrogens (tertiary/aromatic N) is 2. The highest BCUT2D eigenvalue weighted by Gasteiger charge is 2.46. The molecule has 0 aliphatic carbocycles. The number of carbonyl (C=O) groups excluding carboxylic acids is 2. The third-order valence-electron chi connectivity index (χ3n) is 5.50. The number of hydrogen-bond acceptors (Lipinski definition) is 7. The molecule has 8 heteroatoms. The first kappa shape index (κ1) is 22.1. The van der Waals surface area contributed by atoms with E-state index in [2.05, 4.69) is 11.6 Å². The molecule has 3 heterocycles. The molecule has 0 fully saturated rings. The van der Waals surface area contributed by atoms with Crippen LogP contribution >= 0.6 is 22.7 Å². The molecule has 5 rings (SSSR count). The molecular weight excluding hydrogens is 468 g/mol. The topological polar surface area (TPSA) is 79.7 Å². The number of Topliss-reactive ketones (excluding diaryl/α,β-unsaturated/α-hetero) is 1. The first-order chi connectivity index (χ1) is 16.5. The Balaban J connectivity index is 1.63. The molecule has 2 aromatic carbocycles. The number of amides is 1. The molecule has 0 spiro atoms. The number of rotatable bonds is 7. The van der Waals surface area contributed by atoms with Gasteiger partial charge in [0.15, 0.2) is 10.9 Å². The van der Waals surface area contributed by atoms with Gasteiger partial charge in [0, 0.05) is 0 Å². The number of carbonyl (C=O) groups is 2. The summed E-state index contributed by atoms with van der Waals surface area (Å²) in [4.78, 5) is 33.3. The lowest BCUT2D eigenvalue weighted by Crippen LogP contribution is -2.30. The van der Waals surface area contributed by atoms with E-state index in [0.29, 0.717) is 27.9 Å². The third-order valence-corrected chi connectivity index (χ3v) is 7.39. The van der Waals surface area contributed by atoms with Crippen molar-refractivity contribution in [2.75, 3.05) is 11.5 Å². The van der Waals surface area contributed by atoms with Crippen LogP contribution in [0.25, 0.3) is 10.2 Å². The highest BCUT2D eigenvalue weighted by molar-refractivity contribution is 7.22. The Morgan fingerprint density at radius 2 is 2.03 bits per heavy atom. The number of thiazole rings is 1. The normalized spacial score (nSPS) is 15.9. The molecule has 1 amide bonds. The lowest BCUT2D eigenvalue weighted by atomic mass is 9.95. The molecular formula is C26H20N2O4S2. The highest BCUT2D eigenvalue weighted by atomic mass is 32.1. The standard InChI is InChI=1S/C26H20N2O4S2/c1-3-12-32-17-9-7-16(8-10-17)22-21(23(29)19-5-4-13-33-19)24(30)25(31)28(22)26-27-18-11-6-15(2)14-20(18)34-26/h3-11,13-14,22,30H,1,12H2,2H3/t22-/m1/s1. The maximum absolute atomic E-state index is 13.4. The fraction of sp³-hybridized carbons (Fsp3) is 0.115. The van der Waals surface area contributed by atoms with E-state index in [9.17, 15) is 14.7 Å². The predicted molar refractivity (Wildman–Crippen MR) is 135 cm³/mol. The number of aryl methyl sites for hydroxylation is 1. The number of thiophene rings is 1. The summed E-state index contributed by atoms with van der Waals surface area (Å²) in [5.74, 6) is -0.940. The molecule has 1 N–H and O–H groups in total. The fourth-order valence-electron chi connectivity index (χ4n) is 3.91. The molecule has 0 saturated heterocycles. The summed E-state index contributed by atoms with van der Waals surface area (Å²) in [6.07, 6.45) is 1.65. The average molecular weight is 489 g/mol. The number of aromatic nitrogens is 1. The molecule has 6 nitrogen and oxygen atoms in total. The average Bonchev–Trinajstić information content (AvgIpc) is 3.56. The Hall–Kier alpha value is -3.75. The van der Waals surface area contributed by atoms with Gasteiger partial charge in [-0.15, -0.1) is 11.3 Å². The van der Waals surface area contributed by atoms with E-state index < -0.39 is 17.7 Å². The second-order valence-corrected chi connectivity index (χ2v) is 9.74. The SMILES string of the molecule is C=CCOc1ccc([C@@H]2C(C(=O)c3cccs3)=C(O)C(=O)N2c2nc3ccc(C)cc3s2)cc1. The van der Waals surface area contributed by atoms with Crippen molar-refractivity contribution in [2.45, 2.75) is 13.0 Å². The summed E-state index contributed by atoms with van der Waals surface area (Å²) in [6, 6.07) is 15.6. The monoisotopic (exact) mass is 488 g/mol. The number of benzene rings is 2. The summed E-state index contributed by atoms with van der Waals surface area (Å²) in [5, 5.41) is 13.1. The van der Waals surface area contributed by atoms with Gasteiger partial charge in [-0.2, -0.15) is 0 Å². The number of aliphatic hydroxyl groups is 1. The molecule has 170 valence electrons. The smallest absolute Gasteiger partial charge is 0.296 e. The summed E-state index contributed by atoms with van der Waals surface area (Å²) in [6.45, 7) is 6.00. The molecule has 2 aromatic heterocycles. The molecule has 0 bridgehead atoms. The van der Waals surface area contributed by atoms with Crippen molar-refractivity contribution in [3.05, 3.63) is 100.0 Å². The van der Waals surface area contributed by atoms with Crippen molar-refractivity contribution in [3.63, 3.8) is 0 Å². The quantitative estimate of drug-likeness (QED) is 0.254. The van der Waals surface area contributed by atoms with Crippen LogP contribution in [0.2, 0.25) is 0 Å². The summed E-state index contributed by atoms with van der Waals surface area (Å²) in [7, 11) is 0. The van der Waals surface area contributed by atoms with Gasteiger partial charge in [-0.3, -0.25) is 14.5 Å². The van der Waals surface area contributed by atoms with Gasteiger partial charge >= 0.3 is 0 Å². The van der Waals surface area contributed by atoms with E-state index in [1.54, 1.807) is 47.9 Å². The van der Waals surface area contributed by atoms with Crippen molar-refractivity contribution in [1.82, 2.24) is 4.98 Å². The van der Waals surface area contributed by atoms with Crippen LogP contribution in [0, 0.1) is 6.92 Å². The number of anilines is 1. The number of hydrogen-bond donors (Lipinski definition) is 1. The van der Waals surface area contributed by atoms with E-state index in [-0.39, 0.29) is 11.4 Å². The van der Waals surface area contributed by atoms with Crippen LogP contribution in [0.4, 0.5) is 5.13 Å². The minimum Gasteiger partial charge on any atom is -0.503 e. The first-order valence-electron chi connectivity index (χ1n) is 10.5. The predicted octanol–water partition coefficient (Wildman–Crippen LogP) is 6.01. The van der Waals surface area contributed by atoms with Crippen LogP contribution in [-0.2, 0) is 4.79 Å². The molecule has 0 radical (unpaired) electrons. The zero-order chi connectivity index (χ0) is 23.8. The van der Waals surface area contributed by atoms with Gasteiger partial charge in [-0.1, -0.05) is 48.3 Å². The second-order valence-electron chi connectivity index (χ2n) is 7.78. The van der Waals surface area contributed by atoms with Crippen LogP contribution in [-0.4, -0.2) is 28.4 Å². The van der Waals surface area contributed by atoms with Crippen molar-refractivity contribution < 1.29 is 19.4 Å². The van der Waals surface area contributed by atoms with Gasteiger partial charge in [0.25, 0.3) is 5.91 Å². The Morgan fingerprint density at radius 1 is 1.24 bits per heavy atom. The Kier molecular flexibility index (Phi) is 5.77. The molecule has 0 unspecified atom stereocenters. The minimum absolute atomic E-state index is 0.0441. The zero-order valence-electron chi connectivity index (χ0n) is 18.2. The van der Waals surface area contributed by atoms with Gasteiger partial charge in [0.2, 0.25) is 5.78 Å².